The van der Waals surface area contributed by atoms with Crippen LogP contribution in [0.1, 0.15) is 47.0 Å². The molecule has 0 radical (unpaired) electrons. The first-order chi connectivity index (χ1) is 27.1. The van der Waals surface area contributed by atoms with Crippen LogP contribution in [-0.2, 0) is 46.2 Å². The van der Waals surface area contributed by atoms with E-state index in [-0.39, 0.29) is 19.6 Å². The van der Waals surface area contributed by atoms with Gasteiger partial charge in [0.1, 0.15) is 5.78 Å². The van der Waals surface area contributed by atoms with E-state index in [2.05, 4.69) is 93.6 Å². The summed E-state index contributed by atoms with van der Waals surface area (Å²) in [4.78, 5) is 0. The lowest BCUT2D eigenvalue weighted by Gasteiger charge is -2.31. The maximum Gasteiger partial charge on any atom is 0.348 e. The van der Waals surface area contributed by atoms with Crippen molar-refractivity contribution in [1.29, 1.82) is 5.26 Å². The van der Waals surface area contributed by atoms with Gasteiger partial charge in [0.05, 0.1) is 38.3 Å². The first-order valence-electron chi connectivity index (χ1n) is 18.5. The smallest absolute Gasteiger partial charge is 0.303 e. The predicted octanol–water partition coefficient (Wildman–Crippen LogP) is 9.87. The number of aromatic nitrogens is 4. The van der Waals surface area contributed by atoms with Crippen LogP contribution in [0.15, 0.2) is 158 Å². The van der Waals surface area contributed by atoms with Crippen molar-refractivity contribution in [2.24, 2.45) is 0 Å². The molecule has 7 aromatic rings. The topological polar surface area (TPSA) is 115 Å². The minimum absolute atomic E-state index is 0.102. The summed E-state index contributed by atoms with van der Waals surface area (Å²) in [5, 5.41) is 28.2. The van der Waals surface area contributed by atoms with Gasteiger partial charge in [0.25, 0.3) is 0 Å². The second-order valence-corrected chi connectivity index (χ2v) is 15.6. The monoisotopic (exact) mass is 746 g/mol. The van der Waals surface area contributed by atoms with Gasteiger partial charge in [0, 0.05) is 0 Å². The number of aryl methyl sites for hydroxylation is 2. The van der Waals surface area contributed by atoms with Gasteiger partial charge in [-0.25, -0.2) is 4.68 Å². The number of nitrogens with zero attached hydrogens (tertiary/aromatic N) is 5. The van der Waals surface area contributed by atoms with E-state index < -0.39 is 19.4 Å². The highest BCUT2D eigenvalue weighted by atomic mass is 31.2. The maximum absolute atomic E-state index is 15.6. The number of tetrazole rings is 1. The summed E-state index contributed by atoms with van der Waals surface area (Å²) in [6, 6.07) is 54.4. The van der Waals surface area contributed by atoms with Crippen molar-refractivity contribution < 1.29 is 13.6 Å². The molecule has 0 aliphatic rings. The number of benzene rings is 6. The van der Waals surface area contributed by atoms with E-state index in [1.807, 2.05) is 91.0 Å². The van der Waals surface area contributed by atoms with Crippen molar-refractivity contribution in [2.45, 2.75) is 57.3 Å². The van der Waals surface area contributed by atoms with Crippen LogP contribution in [0, 0.1) is 11.3 Å². The summed E-state index contributed by atoms with van der Waals surface area (Å²) in [6.45, 7) is 0.521. The van der Waals surface area contributed by atoms with Gasteiger partial charge in [0.15, 0.2) is 5.82 Å². The van der Waals surface area contributed by atoms with E-state index in [0.717, 1.165) is 44.2 Å². The van der Waals surface area contributed by atoms with Gasteiger partial charge >= 0.3 is 7.60 Å². The number of rotatable bonds is 18. The van der Waals surface area contributed by atoms with Gasteiger partial charge in [-0.2, -0.15) is 5.26 Å². The van der Waals surface area contributed by atoms with Crippen LogP contribution in [0.2, 0.25) is 0 Å². The molecule has 7 rings (SSSR count). The Labute approximate surface area is 322 Å². The number of hydrogen-bond acceptors (Lipinski definition) is 8. The average molecular weight is 747 g/mol. The molecule has 0 aliphatic heterocycles. The molecular weight excluding hydrogens is 704 g/mol. The molecule has 6 aromatic carbocycles. The second-order valence-electron chi connectivity index (χ2n) is 13.4. The van der Waals surface area contributed by atoms with Crippen LogP contribution in [0.4, 0.5) is 0 Å². The average Bonchev–Trinajstić information content (AvgIpc) is 3.72. The predicted molar refractivity (Wildman–Crippen MR) is 216 cm³/mol. The van der Waals surface area contributed by atoms with Crippen LogP contribution in [0.5, 0.6) is 0 Å². The van der Waals surface area contributed by atoms with E-state index in [1.54, 1.807) is 4.68 Å². The first-order valence-corrected chi connectivity index (χ1v) is 20.2. The van der Waals surface area contributed by atoms with E-state index >= 15 is 4.57 Å². The second kappa shape index (κ2) is 18.5. The SMILES string of the molecule is N#CCCn1nnnc1C(Cc1ccc(-c2ccccc2)cc1)NC(CCc1cccc2ccccc12)P(=O)(OCc1ccccc1)OCc1ccccc1. The first kappa shape index (κ1) is 37.6. The molecule has 0 bridgehead atoms. The highest BCUT2D eigenvalue weighted by Crippen LogP contribution is 2.55. The lowest BCUT2D eigenvalue weighted by atomic mass is 9.99. The van der Waals surface area contributed by atoms with Gasteiger partial charge < -0.3 is 9.05 Å². The molecule has 1 heterocycles. The zero-order valence-electron chi connectivity index (χ0n) is 30.5. The molecule has 0 saturated heterocycles. The maximum atomic E-state index is 15.6. The molecule has 9 nitrogen and oxygen atoms in total. The van der Waals surface area contributed by atoms with Crippen molar-refractivity contribution in [3.8, 4) is 17.2 Å². The summed E-state index contributed by atoms with van der Waals surface area (Å²) in [5.41, 5.74) is 6.17. The lowest BCUT2D eigenvalue weighted by Crippen LogP contribution is -2.37. The van der Waals surface area contributed by atoms with Crippen molar-refractivity contribution in [3.63, 3.8) is 0 Å². The van der Waals surface area contributed by atoms with Gasteiger partial charge in [-0.05, 0) is 73.8 Å². The molecule has 55 heavy (non-hydrogen) atoms. The Kier molecular flexibility index (Phi) is 12.7. The number of nitriles is 1. The van der Waals surface area contributed by atoms with Gasteiger partial charge in [0.2, 0.25) is 0 Å². The molecule has 0 aliphatic carbocycles. The third-order valence-electron chi connectivity index (χ3n) is 9.66. The number of nitrogens with one attached hydrogen (secondary N) is 1. The zero-order chi connectivity index (χ0) is 37.7. The zero-order valence-corrected chi connectivity index (χ0v) is 31.4. The Bertz CT molecular complexity index is 2300. The number of fused-ring (bicyclic) bond motifs is 1. The molecule has 276 valence electrons. The molecule has 2 atom stereocenters. The normalized spacial score (nSPS) is 12.6. The highest BCUT2D eigenvalue weighted by molar-refractivity contribution is 7.54. The molecule has 1 aromatic heterocycles. The quantitative estimate of drug-likeness (QED) is 0.0864. The fraction of sp³-hybridized carbons (Fsp3) is 0.200. The molecule has 10 heteroatoms. The van der Waals surface area contributed by atoms with E-state index in [0.29, 0.717) is 31.6 Å². The molecular formula is C45H43N6O3P. The van der Waals surface area contributed by atoms with Crippen LogP contribution in [0.25, 0.3) is 21.9 Å². The van der Waals surface area contributed by atoms with Crippen LogP contribution < -0.4 is 5.32 Å². The lowest BCUT2D eigenvalue weighted by molar-refractivity contribution is 0.175. The summed E-state index contributed by atoms with van der Waals surface area (Å²) < 4.78 is 30.2. The Morgan fingerprint density at radius 2 is 1.29 bits per heavy atom. The Morgan fingerprint density at radius 3 is 1.96 bits per heavy atom. The molecule has 0 amide bonds. The van der Waals surface area contributed by atoms with E-state index in [1.165, 1.54) is 0 Å². The van der Waals surface area contributed by atoms with Crippen molar-refractivity contribution in [3.05, 3.63) is 186 Å². The fourth-order valence-corrected chi connectivity index (χ4v) is 8.66. The van der Waals surface area contributed by atoms with Crippen LogP contribution in [0.3, 0.4) is 0 Å². The Hall–Kier alpha value is -5.75. The van der Waals surface area contributed by atoms with Crippen LogP contribution in [-0.4, -0.2) is 26.0 Å². The third-order valence-corrected chi connectivity index (χ3v) is 11.8. The van der Waals surface area contributed by atoms with Crippen LogP contribution >= 0.6 is 7.60 Å². The van der Waals surface area contributed by atoms with E-state index in [4.69, 9.17) is 9.05 Å². The standard InChI is InChI=1S/C45H43N6O3P/c46-30-13-31-51-45(48-49-50-51)43(32-35-24-26-39(27-25-35)38-18-8-3-9-19-38)47-44(29-28-41-22-12-21-40-20-10-11-23-42(40)41)55(52,53-33-36-14-4-1-5-15-36)54-34-37-16-6-2-7-17-37/h1-12,14-27,43-44,47H,13,28-29,31-34H2. The van der Waals surface area contributed by atoms with Crippen molar-refractivity contribution in [1.82, 2.24) is 25.5 Å². The molecule has 2 unspecified atom stereocenters. The van der Waals surface area contributed by atoms with Crippen molar-refractivity contribution >= 4 is 18.4 Å². The third kappa shape index (κ3) is 9.87. The molecule has 0 fully saturated rings. The largest absolute Gasteiger partial charge is 0.348 e. The Morgan fingerprint density at radius 1 is 0.691 bits per heavy atom. The van der Waals surface area contributed by atoms with Gasteiger partial charge in [-0.1, -0.05) is 158 Å². The highest BCUT2D eigenvalue weighted by Gasteiger charge is 2.39. The fourth-order valence-electron chi connectivity index (χ4n) is 6.76. The minimum atomic E-state index is -3.94. The molecule has 1 N–H and O–H groups in total. The summed E-state index contributed by atoms with van der Waals surface area (Å²) in [5.74, 6) is -0.233. The number of hydrogen-bond donors (Lipinski definition) is 1. The Balaban J connectivity index is 1.26. The van der Waals surface area contributed by atoms with Gasteiger partial charge in [-0.3, -0.25) is 9.88 Å². The molecule has 0 saturated carbocycles. The summed E-state index contributed by atoms with van der Waals surface area (Å²) >= 11 is 0. The van der Waals surface area contributed by atoms with Crippen molar-refractivity contribution in [2.75, 3.05) is 0 Å². The molecule has 0 spiro atoms. The van der Waals surface area contributed by atoms with E-state index in [9.17, 15) is 5.26 Å². The summed E-state index contributed by atoms with van der Waals surface area (Å²) in [6.07, 6.45) is 1.74. The summed E-state index contributed by atoms with van der Waals surface area (Å²) in [7, 11) is -3.94. The minimum Gasteiger partial charge on any atom is -0.303 e. The van der Waals surface area contributed by atoms with Gasteiger partial charge in [-0.15, -0.1) is 5.10 Å².